The van der Waals surface area contributed by atoms with Crippen molar-refractivity contribution in [2.24, 2.45) is 11.8 Å². The maximum absolute atomic E-state index is 13.4. The summed E-state index contributed by atoms with van der Waals surface area (Å²) in [7, 11) is 3.04. The smallest absolute Gasteiger partial charge is 0.493 e. The van der Waals surface area contributed by atoms with Crippen molar-refractivity contribution in [1.82, 2.24) is 10.2 Å². The van der Waals surface area contributed by atoms with Crippen LogP contribution >= 0.6 is 0 Å². The number of halogens is 3. The van der Waals surface area contributed by atoms with Gasteiger partial charge in [0.1, 0.15) is 5.75 Å². The van der Waals surface area contributed by atoms with Gasteiger partial charge in [-0.25, -0.2) is 0 Å². The third-order valence-corrected chi connectivity index (χ3v) is 7.50. The van der Waals surface area contributed by atoms with Crippen LogP contribution in [-0.4, -0.2) is 56.4 Å². The van der Waals surface area contributed by atoms with Crippen molar-refractivity contribution in [3.05, 3.63) is 53.6 Å². The highest BCUT2D eigenvalue weighted by molar-refractivity contribution is 5.97. The van der Waals surface area contributed by atoms with Gasteiger partial charge in [0.15, 0.2) is 11.5 Å². The molecule has 2 atom stereocenters. The van der Waals surface area contributed by atoms with Gasteiger partial charge in [0.2, 0.25) is 0 Å². The number of ether oxygens (including phenoxy) is 3. The van der Waals surface area contributed by atoms with Crippen LogP contribution in [-0.2, 0) is 0 Å². The molecule has 4 rings (SSSR count). The number of nitrogens with one attached hydrogen (secondary N) is 1. The summed E-state index contributed by atoms with van der Waals surface area (Å²) in [6.45, 7) is 0.853. The van der Waals surface area contributed by atoms with E-state index in [1.54, 1.807) is 23.1 Å². The lowest BCUT2D eigenvalue weighted by molar-refractivity contribution is -0.274. The average Bonchev–Trinajstić information content (AvgIpc) is 2.92. The zero-order chi connectivity index (χ0) is 27.3. The number of rotatable bonds is 7. The number of likely N-dealkylation sites (tertiary alicyclic amines) is 1. The number of amides is 2. The summed E-state index contributed by atoms with van der Waals surface area (Å²) in [6, 6.07) is 10.1. The van der Waals surface area contributed by atoms with Crippen LogP contribution in [0.15, 0.2) is 42.5 Å². The molecule has 2 aromatic rings. The molecule has 7 nitrogen and oxygen atoms in total. The molecule has 2 aliphatic rings. The predicted octanol–water partition coefficient (Wildman–Crippen LogP) is 5.44. The zero-order valence-electron chi connectivity index (χ0n) is 21.6. The van der Waals surface area contributed by atoms with Crippen molar-refractivity contribution in [2.45, 2.75) is 50.9 Å². The van der Waals surface area contributed by atoms with Gasteiger partial charge in [-0.05, 0) is 48.6 Å². The van der Waals surface area contributed by atoms with Gasteiger partial charge in [-0.2, -0.15) is 0 Å². The maximum Gasteiger partial charge on any atom is 0.573 e. The Morgan fingerprint density at radius 2 is 1.63 bits per heavy atom. The highest BCUT2D eigenvalue weighted by Gasteiger charge is 2.39. The van der Waals surface area contributed by atoms with E-state index in [4.69, 9.17) is 9.47 Å². The second kappa shape index (κ2) is 12.0. The van der Waals surface area contributed by atoms with Crippen molar-refractivity contribution in [3.63, 3.8) is 0 Å². The normalized spacial score (nSPS) is 20.5. The van der Waals surface area contributed by atoms with E-state index in [2.05, 4.69) is 10.1 Å². The number of methoxy groups -OCH3 is 2. The molecule has 0 spiro atoms. The molecule has 1 saturated carbocycles. The Morgan fingerprint density at radius 3 is 2.32 bits per heavy atom. The Bertz CT molecular complexity index is 1130. The minimum absolute atomic E-state index is 0.0206. The number of piperidine rings is 1. The molecule has 38 heavy (non-hydrogen) atoms. The van der Waals surface area contributed by atoms with Crippen LogP contribution in [0.1, 0.15) is 59.2 Å². The Kier molecular flexibility index (Phi) is 8.69. The topological polar surface area (TPSA) is 77.1 Å². The van der Waals surface area contributed by atoms with Crippen LogP contribution in [0.2, 0.25) is 0 Å². The number of benzene rings is 2. The minimum Gasteiger partial charge on any atom is -0.493 e. The predicted molar refractivity (Wildman–Crippen MR) is 135 cm³/mol. The Balaban J connectivity index is 1.53. The molecule has 1 N–H and O–H groups in total. The fourth-order valence-corrected chi connectivity index (χ4v) is 5.65. The first-order valence-corrected chi connectivity index (χ1v) is 12.9. The number of carbonyl (C=O) groups excluding carboxylic acids is 2. The lowest BCUT2D eigenvalue weighted by Gasteiger charge is -2.43. The number of hydrogen-bond acceptors (Lipinski definition) is 5. The maximum atomic E-state index is 13.4. The molecule has 1 heterocycles. The largest absolute Gasteiger partial charge is 0.573 e. The summed E-state index contributed by atoms with van der Waals surface area (Å²) in [4.78, 5) is 28.4. The van der Waals surface area contributed by atoms with Crippen LogP contribution < -0.4 is 19.5 Å². The molecule has 1 saturated heterocycles. The molecule has 2 amide bonds. The lowest BCUT2D eigenvalue weighted by Crippen LogP contribution is -2.54. The van der Waals surface area contributed by atoms with Crippen LogP contribution in [0.3, 0.4) is 0 Å². The van der Waals surface area contributed by atoms with E-state index in [-0.39, 0.29) is 23.4 Å². The summed E-state index contributed by atoms with van der Waals surface area (Å²) < 4.78 is 53.4. The Labute approximate surface area is 220 Å². The molecule has 0 unspecified atom stereocenters. The number of carbonyl (C=O) groups is 2. The van der Waals surface area contributed by atoms with E-state index in [0.717, 1.165) is 38.2 Å². The van der Waals surface area contributed by atoms with Crippen molar-refractivity contribution < 1.29 is 37.0 Å². The Hall–Kier alpha value is -3.43. The van der Waals surface area contributed by atoms with Crippen LogP contribution in [0.25, 0.3) is 0 Å². The minimum atomic E-state index is -4.91. The van der Waals surface area contributed by atoms with Crippen molar-refractivity contribution in [3.8, 4) is 17.2 Å². The SMILES string of the molecule is COc1ccc(C(=O)N2CC[C@H](NC(=O)c3ccccc3OC(F)(F)F)[C@@H](C3CCCCC3)C2)cc1OC. The summed E-state index contributed by atoms with van der Waals surface area (Å²) in [6.07, 6.45) is 0.871. The van der Waals surface area contributed by atoms with Gasteiger partial charge in [-0.1, -0.05) is 44.2 Å². The van der Waals surface area contributed by atoms with Gasteiger partial charge >= 0.3 is 6.36 Å². The number of hydrogen-bond donors (Lipinski definition) is 1. The molecule has 0 bridgehead atoms. The van der Waals surface area contributed by atoms with Gasteiger partial charge in [-0.3, -0.25) is 9.59 Å². The second-order valence-electron chi connectivity index (χ2n) is 9.80. The van der Waals surface area contributed by atoms with Gasteiger partial charge < -0.3 is 24.4 Å². The lowest BCUT2D eigenvalue weighted by atomic mass is 9.74. The first-order valence-electron chi connectivity index (χ1n) is 12.9. The molecule has 0 radical (unpaired) electrons. The van der Waals surface area contributed by atoms with E-state index >= 15 is 0 Å². The summed E-state index contributed by atoms with van der Waals surface area (Å²) in [5.41, 5.74) is 0.307. The van der Waals surface area contributed by atoms with E-state index in [9.17, 15) is 22.8 Å². The van der Waals surface area contributed by atoms with E-state index in [1.807, 2.05) is 0 Å². The molecule has 1 aliphatic carbocycles. The monoisotopic (exact) mass is 534 g/mol. The van der Waals surface area contributed by atoms with Gasteiger partial charge in [0.05, 0.1) is 19.8 Å². The second-order valence-corrected chi connectivity index (χ2v) is 9.80. The fourth-order valence-electron chi connectivity index (χ4n) is 5.65. The Morgan fingerprint density at radius 1 is 0.921 bits per heavy atom. The third-order valence-electron chi connectivity index (χ3n) is 7.50. The van der Waals surface area contributed by atoms with Crippen LogP contribution in [0, 0.1) is 11.8 Å². The van der Waals surface area contributed by atoms with Crippen LogP contribution in [0.4, 0.5) is 13.2 Å². The van der Waals surface area contributed by atoms with Gasteiger partial charge in [0.25, 0.3) is 11.8 Å². The van der Waals surface area contributed by atoms with E-state index in [0.29, 0.717) is 42.5 Å². The van der Waals surface area contributed by atoms with Gasteiger partial charge in [0, 0.05) is 24.7 Å². The summed E-state index contributed by atoms with van der Waals surface area (Å²) in [5.74, 6) is -0.0162. The van der Waals surface area contributed by atoms with E-state index in [1.165, 1.54) is 32.4 Å². The van der Waals surface area contributed by atoms with Gasteiger partial charge in [-0.15, -0.1) is 13.2 Å². The molecular formula is C28H33F3N2O5. The molecular weight excluding hydrogens is 501 g/mol. The van der Waals surface area contributed by atoms with Crippen LogP contribution in [0.5, 0.6) is 17.2 Å². The molecule has 206 valence electrons. The molecule has 0 aromatic heterocycles. The standard InChI is InChI=1S/C28H33F3N2O5/c1-36-24-13-12-19(16-25(24)37-2)27(35)33-15-14-22(21(17-33)18-8-4-3-5-9-18)32-26(34)20-10-6-7-11-23(20)38-28(29,30)31/h6-7,10-13,16,18,21-22H,3-5,8-9,14-15,17H2,1-2H3,(H,32,34)/t21-,22+/m1/s1. The molecule has 1 aliphatic heterocycles. The third kappa shape index (κ3) is 6.52. The summed E-state index contributed by atoms with van der Waals surface area (Å²) >= 11 is 0. The summed E-state index contributed by atoms with van der Waals surface area (Å²) in [5, 5.41) is 2.98. The molecule has 2 fully saturated rings. The zero-order valence-corrected chi connectivity index (χ0v) is 21.6. The van der Waals surface area contributed by atoms with Crippen molar-refractivity contribution >= 4 is 11.8 Å². The number of nitrogens with zero attached hydrogens (tertiary/aromatic N) is 1. The highest BCUT2D eigenvalue weighted by atomic mass is 19.4. The molecule has 10 heteroatoms. The first-order chi connectivity index (χ1) is 18.2. The number of para-hydroxylation sites is 1. The van der Waals surface area contributed by atoms with Crippen molar-refractivity contribution in [2.75, 3.05) is 27.3 Å². The molecule has 2 aromatic carbocycles. The quantitative estimate of drug-likeness (QED) is 0.512. The first kappa shape index (κ1) is 27.6. The van der Waals surface area contributed by atoms with E-state index < -0.39 is 18.0 Å². The number of alkyl halides is 3. The highest BCUT2D eigenvalue weighted by Crippen LogP contribution is 2.36. The van der Waals surface area contributed by atoms with Crippen molar-refractivity contribution in [1.29, 1.82) is 0 Å². The fraction of sp³-hybridized carbons (Fsp3) is 0.500. The average molecular weight is 535 g/mol.